The number of benzene rings is 1. The van der Waals surface area contributed by atoms with Gasteiger partial charge in [-0.3, -0.25) is 0 Å². The molecule has 0 spiro atoms. The van der Waals surface area contributed by atoms with E-state index >= 15 is 0 Å². The summed E-state index contributed by atoms with van der Waals surface area (Å²) >= 11 is 0. The minimum absolute atomic E-state index is 0.381. The highest BCUT2D eigenvalue weighted by Crippen LogP contribution is 2.27. The molecule has 0 radical (unpaired) electrons. The van der Waals surface area contributed by atoms with Crippen molar-refractivity contribution in [1.82, 2.24) is 0 Å². The van der Waals surface area contributed by atoms with Crippen molar-refractivity contribution >= 4 is 0 Å². The molecule has 1 aliphatic rings. The van der Waals surface area contributed by atoms with Crippen molar-refractivity contribution in [3.05, 3.63) is 47.5 Å². The van der Waals surface area contributed by atoms with E-state index in [-0.39, 0.29) is 0 Å². The number of allylic oxidation sites excluding steroid dienone is 2. The molecule has 0 bridgehead atoms. The Kier molecular flexibility index (Phi) is 7.90. The fourth-order valence-electron chi connectivity index (χ4n) is 3.22. The van der Waals surface area contributed by atoms with Crippen LogP contribution in [0.1, 0.15) is 63.0 Å². The number of nitrogens with zero attached hydrogens (tertiary/aromatic N) is 1. The van der Waals surface area contributed by atoms with E-state index in [9.17, 15) is 0 Å². The van der Waals surface area contributed by atoms with Gasteiger partial charge in [0.15, 0.2) is 0 Å². The van der Waals surface area contributed by atoms with E-state index in [1.54, 1.807) is 6.08 Å². The Morgan fingerprint density at radius 1 is 1.09 bits per heavy atom. The molecule has 2 nitrogen and oxygen atoms in total. The van der Waals surface area contributed by atoms with Crippen molar-refractivity contribution in [2.45, 2.75) is 71.0 Å². The first-order valence-electron chi connectivity index (χ1n) is 9.07. The molecule has 2 heteroatoms. The summed E-state index contributed by atoms with van der Waals surface area (Å²) in [6.45, 7) is 2.96. The van der Waals surface area contributed by atoms with Gasteiger partial charge in [-0.1, -0.05) is 50.1 Å². The zero-order chi connectivity index (χ0) is 16.3. The van der Waals surface area contributed by atoms with Gasteiger partial charge in [0, 0.05) is 6.08 Å². The average Bonchev–Trinajstić information content (AvgIpc) is 2.60. The molecule has 124 valence electrons. The van der Waals surface area contributed by atoms with Crippen LogP contribution >= 0.6 is 0 Å². The van der Waals surface area contributed by atoms with Gasteiger partial charge in [-0.2, -0.15) is 5.26 Å². The van der Waals surface area contributed by atoms with Gasteiger partial charge in [-0.05, 0) is 55.6 Å². The van der Waals surface area contributed by atoms with E-state index in [1.165, 1.54) is 36.8 Å². The number of rotatable bonds is 8. The molecule has 23 heavy (non-hydrogen) atoms. The first-order valence-corrected chi connectivity index (χ1v) is 9.07. The van der Waals surface area contributed by atoms with E-state index in [2.05, 4.69) is 37.3 Å². The maximum Gasteiger partial charge on any atom is 0.0908 e. The fraction of sp³-hybridized carbons (Fsp3) is 0.571. The lowest BCUT2D eigenvalue weighted by Gasteiger charge is -2.26. The largest absolute Gasteiger partial charge is 0.374 e. The van der Waals surface area contributed by atoms with Gasteiger partial charge in [0.25, 0.3) is 0 Å². The summed E-state index contributed by atoms with van der Waals surface area (Å²) < 4.78 is 6.07. The topological polar surface area (TPSA) is 33.0 Å². The van der Waals surface area contributed by atoms with Crippen molar-refractivity contribution in [3.63, 3.8) is 0 Å². The lowest BCUT2D eigenvalue weighted by Crippen LogP contribution is -2.20. The second kappa shape index (κ2) is 10.2. The molecule has 1 aromatic rings. The van der Waals surface area contributed by atoms with Crippen molar-refractivity contribution in [1.29, 1.82) is 5.26 Å². The summed E-state index contributed by atoms with van der Waals surface area (Å²) in [7, 11) is 0. The maximum atomic E-state index is 8.58. The highest BCUT2D eigenvalue weighted by Gasteiger charge is 2.19. The predicted molar refractivity (Wildman–Crippen MR) is 95.0 cm³/mol. The van der Waals surface area contributed by atoms with Crippen LogP contribution in [0.5, 0.6) is 0 Å². The Hall–Kier alpha value is -1.59. The van der Waals surface area contributed by atoms with Crippen molar-refractivity contribution in [2.24, 2.45) is 5.92 Å². The lowest BCUT2D eigenvalue weighted by molar-refractivity contribution is 0.0110. The third-order valence-electron chi connectivity index (χ3n) is 4.74. The molecule has 0 amide bonds. The Balaban J connectivity index is 1.68. The van der Waals surface area contributed by atoms with Gasteiger partial charge in [0.2, 0.25) is 0 Å². The molecular formula is C21H29NO. The molecular weight excluding hydrogens is 282 g/mol. The minimum Gasteiger partial charge on any atom is -0.374 e. The minimum atomic E-state index is 0.381. The summed E-state index contributed by atoms with van der Waals surface area (Å²) in [6.07, 6.45) is 13.6. The molecule has 0 saturated heterocycles. The van der Waals surface area contributed by atoms with Crippen LogP contribution in [0.3, 0.4) is 0 Å². The second-order valence-corrected chi connectivity index (χ2v) is 6.61. The monoisotopic (exact) mass is 311 g/mol. The van der Waals surface area contributed by atoms with Crippen LogP contribution < -0.4 is 0 Å². The summed E-state index contributed by atoms with van der Waals surface area (Å²) in [5.74, 6) is 0.567. The third kappa shape index (κ3) is 6.59. The average molecular weight is 311 g/mol. The van der Waals surface area contributed by atoms with Crippen LogP contribution in [0, 0.1) is 17.2 Å². The molecule has 0 aliphatic heterocycles. The quantitative estimate of drug-likeness (QED) is 0.464. The molecule has 0 aromatic heterocycles. The first kappa shape index (κ1) is 17.8. The Labute approximate surface area is 141 Å². The van der Waals surface area contributed by atoms with Gasteiger partial charge >= 0.3 is 0 Å². The van der Waals surface area contributed by atoms with Crippen LogP contribution in [-0.4, -0.2) is 6.10 Å². The van der Waals surface area contributed by atoms with Gasteiger partial charge in [0.1, 0.15) is 0 Å². The SMILES string of the molecule is CCCCCc1ccc(COC2CCC(/C=C/C#N)CC2)cc1. The molecule has 1 fully saturated rings. The zero-order valence-corrected chi connectivity index (χ0v) is 14.3. The van der Waals surface area contributed by atoms with E-state index in [0.717, 1.165) is 32.3 Å². The number of aryl methyl sites for hydroxylation is 1. The summed E-state index contributed by atoms with van der Waals surface area (Å²) in [6, 6.07) is 11.0. The zero-order valence-electron chi connectivity index (χ0n) is 14.3. The third-order valence-corrected chi connectivity index (χ3v) is 4.74. The molecule has 0 unspecified atom stereocenters. The van der Waals surface area contributed by atoms with E-state index in [0.29, 0.717) is 12.0 Å². The van der Waals surface area contributed by atoms with Gasteiger partial charge in [-0.25, -0.2) is 0 Å². The molecule has 2 rings (SSSR count). The van der Waals surface area contributed by atoms with Gasteiger partial charge in [0.05, 0.1) is 18.8 Å². The highest BCUT2D eigenvalue weighted by molar-refractivity contribution is 5.22. The first-order chi connectivity index (χ1) is 11.3. The summed E-state index contributed by atoms with van der Waals surface area (Å²) in [5.41, 5.74) is 2.71. The van der Waals surface area contributed by atoms with Crippen LogP contribution in [0.4, 0.5) is 0 Å². The number of unbranched alkanes of at least 4 members (excludes halogenated alkanes) is 2. The molecule has 1 saturated carbocycles. The second-order valence-electron chi connectivity index (χ2n) is 6.61. The predicted octanol–water partition coefficient (Wildman–Crippen LogP) is 5.57. The Morgan fingerprint density at radius 2 is 1.78 bits per heavy atom. The van der Waals surface area contributed by atoms with Gasteiger partial charge < -0.3 is 4.74 Å². The van der Waals surface area contributed by atoms with Crippen molar-refractivity contribution in [3.8, 4) is 6.07 Å². The normalized spacial score (nSPS) is 21.4. The lowest BCUT2D eigenvalue weighted by atomic mass is 9.87. The number of ether oxygens (including phenoxy) is 1. The van der Waals surface area contributed by atoms with Crippen LogP contribution in [0.25, 0.3) is 0 Å². The van der Waals surface area contributed by atoms with Crippen LogP contribution in [0.15, 0.2) is 36.4 Å². The Bertz CT molecular complexity index is 504. The smallest absolute Gasteiger partial charge is 0.0908 e. The van der Waals surface area contributed by atoms with E-state index in [1.807, 2.05) is 6.08 Å². The van der Waals surface area contributed by atoms with Crippen molar-refractivity contribution in [2.75, 3.05) is 0 Å². The number of hydrogen-bond donors (Lipinski definition) is 0. The number of nitriles is 1. The fourth-order valence-corrected chi connectivity index (χ4v) is 3.22. The molecule has 1 aromatic carbocycles. The summed E-state index contributed by atoms with van der Waals surface area (Å²) in [5, 5.41) is 8.58. The van der Waals surface area contributed by atoms with Gasteiger partial charge in [-0.15, -0.1) is 0 Å². The van der Waals surface area contributed by atoms with E-state index in [4.69, 9.17) is 10.00 Å². The highest BCUT2D eigenvalue weighted by atomic mass is 16.5. The molecule has 0 atom stereocenters. The molecule has 1 aliphatic carbocycles. The van der Waals surface area contributed by atoms with Crippen LogP contribution in [0.2, 0.25) is 0 Å². The molecule has 0 N–H and O–H groups in total. The molecule has 0 heterocycles. The Morgan fingerprint density at radius 3 is 2.43 bits per heavy atom. The van der Waals surface area contributed by atoms with Crippen molar-refractivity contribution < 1.29 is 4.74 Å². The maximum absolute atomic E-state index is 8.58. The summed E-state index contributed by atoms with van der Waals surface area (Å²) in [4.78, 5) is 0. The van der Waals surface area contributed by atoms with Crippen LogP contribution in [-0.2, 0) is 17.8 Å². The van der Waals surface area contributed by atoms with E-state index < -0.39 is 0 Å². The standard InChI is InChI=1S/C21H29NO/c1-2-3-4-6-18-8-10-20(11-9-18)17-23-21-14-12-19(13-15-21)7-5-16-22/h5,7-11,19,21H,2-4,6,12-15,17H2,1H3/b7-5+. The number of hydrogen-bond acceptors (Lipinski definition) is 2.